The molecule has 1 aromatic rings. The van der Waals surface area contributed by atoms with Gasteiger partial charge in [0, 0.05) is 10.9 Å². The van der Waals surface area contributed by atoms with Gasteiger partial charge in [-0.3, -0.25) is 10.1 Å². The van der Waals surface area contributed by atoms with Crippen molar-refractivity contribution in [3.05, 3.63) is 33.4 Å². The van der Waals surface area contributed by atoms with E-state index in [2.05, 4.69) is 20.9 Å². The number of nitro groups is 1. The smallest absolute Gasteiger partial charge is 0.258 e. The quantitative estimate of drug-likeness (QED) is 0.371. The van der Waals surface area contributed by atoms with Crippen LogP contribution in [0.4, 0.5) is 18.9 Å². The molecular formula is C7H4BrF3N2O2. The molecule has 1 aromatic heterocycles. The van der Waals surface area contributed by atoms with Gasteiger partial charge in [0.25, 0.3) is 12.1 Å². The first-order chi connectivity index (χ1) is 6.99. The Labute approximate surface area is 90.4 Å². The Morgan fingerprint density at radius 3 is 2.60 bits per heavy atom. The second-order valence-electron chi connectivity index (χ2n) is 2.52. The van der Waals surface area contributed by atoms with Crippen molar-refractivity contribution in [1.29, 1.82) is 0 Å². The Bertz CT molecular complexity index is 400. The fourth-order valence-corrected chi connectivity index (χ4v) is 1.58. The van der Waals surface area contributed by atoms with Crippen LogP contribution in [0.3, 0.4) is 0 Å². The number of hydrogen-bond acceptors (Lipinski definition) is 3. The van der Waals surface area contributed by atoms with E-state index in [4.69, 9.17) is 0 Å². The van der Waals surface area contributed by atoms with Crippen molar-refractivity contribution in [2.75, 3.05) is 0 Å². The lowest BCUT2D eigenvalue weighted by Crippen LogP contribution is -2.04. The summed E-state index contributed by atoms with van der Waals surface area (Å²) >= 11 is 2.77. The number of halogens is 4. The summed E-state index contributed by atoms with van der Waals surface area (Å²) in [6, 6.07) is 0. The zero-order valence-electron chi connectivity index (χ0n) is 7.08. The van der Waals surface area contributed by atoms with Crippen LogP contribution < -0.4 is 0 Å². The lowest BCUT2D eigenvalue weighted by molar-refractivity contribution is -0.386. The fraction of sp³-hybridized carbons (Fsp3) is 0.286. The van der Waals surface area contributed by atoms with Crippen LogP contribution in [0, 0.1) is 16.1 Å². The summed E-state index contributed by atoms with van der Waals surface area (Å²) in [6.45, 7) is 0. The minimum atomic E-state index is -3.12. The maximum atomic E-state index is 13.0. The maximum absolute atomic E-state index is 13.0. The van der Waals surface area contributed by atoms with Gasteiger partial charge in [-0.1, -0.05) is 15.9 Å². The Morgan fingerprint density at radius 1 is 1.60 bits per heavy atom. The topological polar surface area (TPSA) is 56.0 Å². The van der Waals surface area contributed by atoms with Crippen molar-refractivity contribution in [2.45, 2.75) is 11.8 Å². The van der Waals surface area contributed by atoms with E-state index < -0.39 is 34.1 Å². The van der Waals surface area contributed by atoms with Crippen molar-refractivity contribution < 1.29 is 18.1 Å². The van der Waals surface area contributed by atoms with Gasteiger partial charge >= 0.3 is 0 Å². The predicted molar refractivity (Wildman–Crippen MR) is 48.4 cm³/mol. The van der Waals surface area contributed by atoms with E-state index >= 15 is 0 Å². The Kier molecular flexibility index (Phi) is 3.61. The highest BCUT2D eigenvalue weighted by Crippen LogP contribution is 2.33. The van der Waals surface area contributed by atoms with Crippen molar-refractivity contribution in [1.82, 2.24) is 4.98 Å². The van der Waals surface area contributed by atoms with Gasteiger partial charge in [0.15, 0.2) is 0 Å². The molecule has 0 bridgehead atoms. The summed E-state index contributed by atoms with van der Waals surface area (Å²) < 4.78 is 37.9. The van der Waals surface area contributed by atoms with Crippen LogP contribution in [0.25, 0.3) is 0 Å². The molecule has 15 heavy (non-hydrogen) atoms. The molecule has 4 nitrogen and oxygen atoms in total. The minimum Gasteiger partial charge on any atom is -0.258 e. The van der Waals surface area contributed by atoms with Crippen molar-refractivity contribution in [3.63, 3.8) is 0 Å². The molecule has 0 fully saturated rings. The normalized spacial score (nSPS) is 10.7. The van der Waals surface area contributed by atoms with Gasteiger partial charge in [-0.15, -0.1) is 0 Å². The predicted octanol–water partition coefficient (Wildman–Crippen LogP) is 2.96. The summed E-state index contributed by atoms with van der Waals surface area (Å²) in [6.07, 6.45) is -2.63. The molecule has 0 radical (unpaired) electrons. The Morgan fingerprint density at radius 2 is 2.20 bits per heavy atom. The van der Waals surface area contributed by atoms with Crippen molar-refractivity contribution >= 4 is 21.6 Å². The first kappa shape index (κ1) is 11.9. The largest absolute Gasteiger partial charge is 0.296 e. The number of rotatable bonds is 3. The lowest BCUT2D eigenvalue weighted by atomic mass is 10.1. The molecule has 0 saturated carbocycles. The van der Waals surface area contributed by atoms with E-state index in [9.17, 15) is 23.3 Å². The van der Waals surface area contributed by atoms with E-state index in [-0.39, 0.29) is 5.33 Å². The molecule has 0 spiro atoms. The van der Waals surface area contributed by atoms with Gasteiger partial charge in [-0.2, -0.15) is 4.39 Å². The lowest BCUT2D eigenvalue weighted by Gasteiger charge is -2.06. The maximum Gasteiger partial charge on any atom is 0.296 e. The van der Waals surface area contributed by atoms with Gasteiger partial charge in [0.1, 0.15) is 11.8 Å². The van der Waals surface area contributed by atoms with Crippen LogP contribution in [0.2, 0.25) is 0 Å². The molecule has 1 heterocycles. The zero-order chi connectivity index (χ0) is 11.6. The summed E-state index contributed by atoms with van der Waals surface area (Å²) in [5, 5.41) is 10.1. The molecule has 0 aliphatic rings. The van der Waals surface area contributed by atoms with Crippen LogP contribution in [-0.4, -0.2) is 9.91 Å². The number of alkyl halides is 3. The molecule has 0 aliphatic carbocycles. The highest BCUT2D eigenvalue weighted by atomic mass is 79.9. The van der Waals surface area contributed by atoms with Gasteiger partial charge in [0.05, 0.1) is 4.92 Å². The van der Waals surface area contributed by atoms with Crippen molar-refractivity contribution in [2.24, 2.45) is 0 Å². The molecule has 1 rings (SSSR count). The van der Waals surface area contributed by atoms with E-state index in [0.29, 0.717) is 6.20 Å². The van der Waals surface area contributed by atoms with Crippen LogP contribution in [0.15, 0.2) is 6.20 Å². The molecule has 8 heteroatoms. The molecular weight excluding hydrogens is 281 g/mol. The number of hydrogen-bond donors (Lipinski definition) is 0. The average Bonchev–Trinajstić information content (AvgIpc) is 2.16. The minimum absolute atomic E-state index is 0.257. The third-order valence-electron chi connectivity index (χ3n) is 1.70. The van der Waals surface area contributed by atoms with Crippen LogP contribution in [0.1, 0.15) is 17.6 Å². The number of aromatic nitrogens is 1. The fourth-order valence-electron chi connectivity index (χ4n) is 1.05. The van der Waals surface area contributed by atoms with E-state index in [1.165, 1.54) is 0 Å². The van der Waals surface area contributed by atoms with Crippen LogP contribution in [-0.2, 0) is 5.33 Å². The SMILES string of the molecule is O=[N+]([O-])c1cnc(F)c(CBr)c1C(F)F. The summed E-state index contributed by atoms with van der Waals surface area (Å²) in [5.74, 6) is -1.13. The van der Waals surface area contributed by atoms with Gasteiger partial charge in [0.2, 0.25) is 5.95 Å². The Hall–Kier alpha value is -1.18. The monoisotopic (exact) mass is 284 g/mol. The summed E-state index contributed by atoms with van der Waals surface area (Å²) in [7, 11) is 0. The number of nitrogens with zero attached hydrogens (tertiary/aromatic N) is 2. The molecule has 0 saturated heterocycles. The highest BCUT2D eigenvalue weighted by Gasteiger charge is 2.28. The van der Waals surface area contributed by atoms with E-state index in [1.807, 2.05) is 0 Å². The second kappa shape index (κ2) is 4.56. The third kappa shape index (κ3) is 2.25. The van der Waals surface area contributed by atoms with Crippen LogP contribution in [0.5, 0.6) is 0 Å². The second-order valence-corrected chi connectivity index (χ2v) is 3.08. The molecule has 0 aromatic carbocycles. The van der Waals surface area contributed by atoms with Gasteiger partial charge < -0.3 is 0 Å². The first-order valence-electron chi connectivity index (χ1n) is 3.64. The third-order valence-corrected chi connectivity index (χ3v) is 2.26. The summed E-state index contributed by atoms with van der Waals surface area (Å²) in [4.78, 5) is 12.4. The molecule has 0 N–H and O–H groups in total. The molecule has 82 valence electrons. The standard InChI is InChI=1S/C7H4BrF3N2O2/c8-1-3-5(6(9)10)4(13(14)15)2-12-7(3)11/h2,6H,1H2. The zero-order valence-corrected chi connectivity index (χ0v) is 8.67. The van der Waals surface area contributed by atoms with E-state index in [1.54, 1.807) is 0 Å². The highest BCUT2D eigenvalue weighted by molar-refractivity contribution is 9.08. The summed E-state index contributed by atoms with van der Waals surface area (Å²) in [5.41, 5.74) is -2.29. The molecule has 0 amide bonds. The first-order valence-corrected chi connectivity index (χ1v) is 4.77. The van der Waals surface area contributed by atoms with Crippen molar-refractivity contribution in [3.8, 4) is 0 Å². The average molecular weight is 285 g/mol. The number of pyridine rings is 1. The Balaban J connectivity index is 3.49. The van der Waals surface area contributed by atoms with Crippen LogP contribution >= 0.6 is 15.9 Å². The van der Waals surface area contributed by atoms with E-state index in [0.717, 1.165) is 0 Å². The molecule has 0 atom stereocenters. The molecule has 0 aliphatic heterocycles. The van der Waals surface area contributed by atoms with Gasteiger partial charge in [-0.05, 0) is 0 Å². The molecule has 0 unspecified atom stereocenters. The van der Waals surface area contributed by atoms with Gasteiger partial charge in [-0.25, -0.2) is 13.8 Å².